The van der Waals surface area contributed by atoms with Crippen LogP contribution in [0.1, 0.15) is 70.6 Å². The summed E-state index contributed by atoms with van der Waals surface area (Å²) in [5.74, 6) is 0.391. The highest BCUT2D eigenvalue weighted by Crippen LogP contribution is 2.30. The van der Waals surface area contributed by atoms with Gasteiger partial charge in [0.1, 0.15) is 0 Å². The molecule has 3 nitrogen and oxygen atoms in total. The Morgan fingerprint density at radius 2 is 1.56 bits per heavy atom. The van der Waals surface area contributed by atoms with Gasteiger partial charge in [-0.3, -0.25) is 4.79 Å². The smallest absolute Gasteiger partial charge is 0.223 e. The van der Waals surface area contributed by atoms with Gasteiger partial charge < -0.3 is 10.4 Å². The number of rotatable bonds is 3. The number of carbonyl (C=O) groups is 1. The second-order valence-electron chi connectivity index (χ2n) is 6.18. The molecule has 0 saturated heterocycles. The van der Waals surface area contributed by atoms with E-state index in [9.17, 15) is 9.90 Å². The van der Waals surface area contributed by atoms with Crippen molar-refractivity contribution in [2.75, 3.05) is 6.61 Å². The maximum Gasteiger partial charge on any atom is 0.223 e. The van der Waals surface area contributed by atoms with Crippen LogP contribution >= 0.6 is 0 Å². The molecule has 0 heterocycles. The fourth-order valence-corrected chi connectivity index (χ4v) is 3.46. The van der Waals surface area contributed by atoms with E-state index in [-0.39, 0.29) is 24.0 Å². The third-order valence-corrected chi connectivity index (χ3v) is 4.73. The Kier molecular flexibility index (Phi) is 5.04. The number of amides is 1. The zero-order valence-electron chi connectivity index (χ0n) is 11.4. The predicted molar refractivity (Wildman–Crippen MR) is 72.2 cm³/mol. The molecule has 0 aromatic heterocycles. The summed E-state index contributed by atoms with van der Waals surface area (Å²) >= 11 is 0. The highest BCUT2D eigenvalue weighted by molar-refractivity contribution is 5.79. The highest BCUT2D eigenvalue weighted by Gasteiger charge is 2.36. The number of hydrogen-bond acceptors (Lipinski definition) is 2. The first kappa shape index (κ1) is 13.9. The van der Waals surface area contributed by atoms with Gasteiger partial charge in [0.2, 0.25) is 5.91 Å². The van der Waals surface area contributed by atoms with Gasteiger partial charge in [0, 0.05) is 5.92 Å². The molecule has 104 valence electrons. The quantitative estimate of drug-likeness (QED) is 0.812. The van der Waals surface area contributed by atoms with E-state index >= 15 is 0 Å². The van der Waals surface area contributed by atoms with Gasteiger partial charge >= 0.3 is 0 Å². The van der Waals surface area contributed by atoms with Crippen molar-refractivity contribution in [3.8, 4) is 0 Å². The maximum absolute atomic E-state index is 12.4. The summed E-state index contributed by atoms with van der Waals surface area (Å²) in [5.41, 5.74) is -0.292. The Hall–Kier alpha value is -0.570. The number of aliphatic hydroxyl groups is 1. The summed E-state index contributed by atoms with van der Waals surface area (Å²) in [7, 11) is 0. The van der Waals surface area contributed by atoms with Gasteiger partial charge in [0.15, 0.2) is 0 Å². The molecule has 0 radical (unpaired) electrons. The second kappa shape index (κ2) is 6.55. The molecule has 1 amide bonds. The Labute approximate surface area is 110 Å². The van der Waals surface area contributed by atoms with Gasteiger partial charge in [-0.15, -0.1) is 0 Å². The standard InChI is InChI=1S/C15H27NO2/c17-12-15(10-6-7-11-15)16-14(18)13-8-4-2-1-3-5-9-13/h13,17H,1-12H2,(H,16,18). The topological polar surface area (TPSA) is 49.3 Å². The van der Waals surface area contributed by atoms with E-state index in [0.717, 1.165) is 38.5 Å². The van der Waals surface area contributed by atoms with E-state index < -0.39 is 0 Å². The summed E-state index contributed by atoms with van der Waals surface area (Å²) < 4.78 is 0. The average Bonchev–Trinajstić information content (AvgIpc) is 2.77. The highest BCUT2D eigenvalue weighted by atomic mass is 16.3. The lowest BCUT2D eigenvalue weighted by atomic mass is 9.89. The lowest BCUT2D eigenvalue weighted by molar-refractivity contribution is -0.128. The molecule has 2 saturated carbocycles. The van der Waals surface area contributed by atoms with Gasteiger partial charge in [-0.25, -0.2) is 0 Å². The van der Waals surface area contributed by atoms with Crippen LogP contribution in [0.3, 0.4) is 0 Å². The van der Waals surface area contributed by atoms with E-state index in [4.69, 9.17) is 0 Å². The van der Waals surface area contributed by atoms with Crippen LogP contribution in [0.25, 0.3) is 0 Å². The average molecular weight is 253 g/mol. The van der Waals surface area contributed by atoms with Gasteiger partial charge in [0.25, 0.3) is 0 Å². The summed E-state index contributed by atoms with van der Waals surface area (Å²) in [4.78, 5) is 12.4. The second-order valence-corrected chi connectivity index (χ2v) is 6.18. The van der Waals surface area contributed by atoms with Crippen LogP contribution in [0.15, 0.2) is 0 Å². The molecule has 18 heavy (non-hydrogen) atoms. The van der Waals surface area contributed by atoms with E-state index in [2.05, 4.69) is 5.32 Å². The summed E-state index contributed by atoms with van der Waals surface area (Å²) in [6.07, 6.45) is 12.5. The summed E-state index contributed by atoms with van der Waals surface area (Å²) in [5, 5.41) is 12.7. The molecule has 0 atom stereocenters. The molecule has 0 unspecified atom stereocenters. The van der Waals surface area contributed by atoms with Gasteiger partial charge in [-0.2, -0.15) is 0 Å². The van der Waals surface area contributed by atoms with E-state index in [1.54, 1.807) is 0 Å². The molecular formula is C15H27NO2. The van der Waals surface area contributed by atoms with Crippen LogP contribution in [0.4, 0.5) is 0 Å². The molecule has 2 fully saturated rings. The number of aliphatic hydroxyl groups excluding tert-OH is 1. The van der Waals surface area contributed by atoms with E-state index in [0.29, 0.717) is 0 Å². The zero-order valence-corrected chi connectivity index (χ0v) is 11.4. The minimum Gasteiger partial charge on any atom is -0.394 e. The minimum absolute atomic E-state index is 0.103. The molecule has 2 rings (SSSR count). The van der Waals surface area contributed by atoms with Crippen molar-refractivity contribution in [3.63, 3.8) is 0 Å². The SMILES string of the molecule is O=C(NC1(CO)CCCC1)C1CCCCCCC1. The van der Waals surface area contributed by atoms with Crippen molar-refractivity contribution in [1.82, 2.24) is 5.32 Å². The van der Waals surface area contributed by atoms with Crippen LogP contribution < -0.4 is 5.32 Å². The van der Waals surface area contributed by atoms with Crippen molar-refractivity contribution < 1.29 is 9.90 Å². The summed E-state index contributed by atoms with van der Waals surface area (Å²) in [6, 6.07) is 0. The van der Waals surface area contributed by atoms with E-state index in [1.165, 1.54) is 32.1 Å². The van der Waals surface area contributed by atoms with Crippen molar-refractivity contribution in [2.45, 2.75) is 76.2 Å². The molecule has 3 heteroatoms. The zero-order chi connectivity index (χ0) is 12.8. The molecule has 0 aromatic rings. The number of hydrogen-bond donors (Lipinski definition) is 2. The predicted octanol–water partition coefficient (Wildman–Crippen LogP) is 2.77. The maximum atomic E-state index is 12.4. The summed E-state index contributed by atoms with van der Waals surface area (Å²) in [6.45, 7) is 0.103. The lowest BCUT2D eigenvalue weighted by Crippen LogP contribution is -2.51. The molecule has 0 bridgehead atoms. The first-order valence-electron chi connectivity index (χ1n) is 7.69. The fourth-order valence-electron chi connectivity index (χ4n) is 3.46. The molecule has 0 spiro atoms. The monoisotopic (exact) mass is 253 g/mol. The van der Waals surface area contributed by atoms with Crippen LogP contribution in [-0.2, 0) is 4.79 Å². The van der Waals surface area contributed by atoms with Crippen molar-refractivity contribution in [2.24, 2.45) is 5.92 Å². The van der Waals surface area contributed by atoms with Crippen molar-refractivity contribution in [1.29, 1.82) is 0 Å². The van der Waals surface area contributed by atoms with Crippen LogP contribution in [0.5, 0.6) is 0 Å². The Bertz CT molecular complexity index is 264. The molecule has 0 aromatic carbocycles. The van der Waals surface area contributed by atoms with Crippen LogP contribution in [0.2, 0.25) is 0 Å². The van der Waals surface area contributed by atoms with Crippen molar-refractivity contribution in [3.05, 3.63) is 0 Å². The molecule has 2 N–H and O–H groups in total. The third-order valence-electron chi connectivity index (χ3n) is 4.73. The Balaban J connectivity index is 1.88. The normalized spacial score (nSPS) is 25.4. The molecular weight excluding hydrogens is 226 g/mol. The number of carbonyl (C=O) groups excluding carboxylic acids is 1. The molecule has 2 aliphatic carbocycles. The Morgan fingerprint density at radius 1 is 1.00 bits per heavy atom. The minimum atomic E-state index is -0.292. The fraction of sp³-hybridized carbons (Fsp3) is 0.933. The first-order chi connectivity index (χ1) is 8.76. The largest absolute Gasteiger partial charge is 0.394 e. The lowest BCUT2D eigenvalue weighted by Gasteiger charge is -2.30. The van der Waals surface area contributed by atoms with E-state index in [1.807, 2.05) is 0 Å². The molecule has 2 aliphatic rings. The molecule has 0 aliphatic heterocycles. The van der Waals surface area contributed by atoms with Crippen LogP contribution in [0, 0.1) is 5.92 Å². The number of nitrogens with one attached hydrogen (secondary N) is 1. The third kappa shape index (κ3) is 3.47. The van der Waals surface area contributed by atoms with Gasteiger partial charge in [0.05, 0.1) is 12.1 Å². The Morgan fingerprint density at radius 3 is 2.11 bits per heavy atom. The van der Waals surface area contributed by atoms with Crippen molar-refractivity contribution >= 4 is 5.91 Å². The van der Waals surface area contributed by atoms with Gasteiger partial charge in [-0.05, 0) is 25.7 Å². The van der Waals surface area contributed by atoms with Gasteiger partial charge in [-0.1, -0.05) is 44.9 Å². The first-order valence-corrected chi connectivity index (χ1v) is 7.69. The van der Waals surface area contributed by atoms with Crippen LogP contribution in [-0.4, -0.2) is 23.2 Å².